The Morgan fingerprint density at radius 2 is 2.05 bits per heavy atom. The van der Waals surface area contributed by atoms with Crippen LogP contribution in [0.2, 0.25) is 0 Å². The van der Waals surface area contributed by atoms with Gasteiger partial charge in [-0.25, -0.2) is 4.79 Å². The van der Waals surface area contributed by atoms with Crippen LogP contribution in [0.5, 0.6) is 0 Å². The Morgan fingerprint density at radius 3 is 2.63 bits per heavy atom. The summed E-state index contributed by atoms with van der Waals surface area (Å²) in [6, 6.07) is 7.39. The largest absolute Gasteiger partial charge is 0.480 e. The highest BCUT2D eigenvalue weighted by Crippen LogP contribution is 2.33. The van der Waals surface area contributed by atoms with Crippen LogP contribution in [0.15, 0.2) is 24.3 Å². The van der Waals surface area contributed by atoms with Crippen molar-refractivity contribution in [1.29, 1.82) is 0 Å². The fraction of sp³-hybridized carbons (Fsp3) is 0.429. The molecule has 3 rings (SSSR count). The van der Waals surface area contributed by atoms with Gasteiger partial charge in [0.05, 0.1) is 0 Å². The zero-order valence-corrected chi connectivity index (χ0v) is 10.5. The van der Waals surface area contributed by atoms with E-state index in [-0.39, 0.29) is 11.9 Å². The van der Waals surface area contributed by atoms with Crippen molar-refractivity contribution in [1.82, 2.24) is 5.32 Å². The van der Waals surface area contributed by atoms with E-state index in [4.69, 9.17) is 0 Å². The third-order valence-electron chi connectivity index (χ3n) is 4.07. The van der Waals surface area contributed by atoms with Crippen LogP contribution in [-0.2, 0) is 16.0 Å². The molecule has 0 spiro atoms. The molecule has 0 radical (unpaired) electrons. The molecule has 1 aromatic rings. The number of para-hydroxylation sites is 1. The number of carboxylic acid groups (broad SMARTS) is 1. The summed E-state index contributed by atoms with van der Waals surface area (Å²) in [6.45, 7) is 0. The molecule has 1 heterocycles. The normalized spacial score (nSPS) is 22.8. The maximum Gasteiger partial charge on any atom is 0.329 e. The van der Waals surface area contributed by atoms with Gasteiger partial charge in [-0.15, -0.1) is 0 Å². The van der Waals surface area contributed by atoms with Crippen LogP contribution in [-0.4, -0.2) is 28.6 Å². The minimum atomic E-state index is -1.03. The quantitative estimate of drug-likeness (QED) is 0.761. The summed E-state index contributed by atoms with van der Waals surface area (Å²) in [5, 5.41) is 15.1. The number of amides is 1. The fourth-order valence-corrected chi connectivity index (χ4v) is 2.70. The third kappa shape index (κ3) is 1.95. The average Bonchev–Trinajstić information content (AvgIpc) is 2.76. The molecular formula is C14H16N2O3. The molecule has 2 aliphatic rings. The van der Waals surface area contributed by atoms with Gasteiger partial charge in [0.1, 0.15) is 11.6 Å². The summed E-state index contributed by atoms with van der Waals surface area (Å²) >= 11 is 0. The molecule has 1 aliphatic heterocycles. The standard InChI is InChI=1S/C14H16N2O3/c17-12(16-14(13(18)19)6-3-7-14)11-8-9-4-1-2-5-10(9)15-11/h1-2,4-5,11,15H,3,6-8H2,(H,16,17)(H,18,19). The first-order valence-corrected chi connectivity index (χ1v) is 6.51. The molecule has 0 aromatic heterocycles. The van der Waals surface area contributed by atoms with Gasteiger partial charge in [0.25, 0.3) is 0 Å². The first-order valence-electron chi connectivity index (χ1n) is 6.51. The number of benzene rings is 1. The monoisotopic (exact) mass is 260 g/mol. The van der Waals surface area contributed by atoms with Gasteiger partial charge in [-0.2, -0.15) is 0 Å². The molecule has 100 valence electrons. The van der Waals surface area contributed by atoms with Gasteiger partial charge < -0.3 is 15.7 Å². The summed E-state index contributed by atoms with van der Waals surface area (Å²) in [7, 11) is 0. The molecule has 19 heavy (non-hydrogen) atoms. The highest BCUT2D eigenvalue weighted by atomic mass is 16.4. The molecule has 1 fully saturated rings. The SMILES string of the molecule is O=C(NC1(C(=O)O)CCC1)C1Cc2ccccc2N1. The molecule has 0 saturated heterocycles. The lowest BCUT2D eigenvalue weighted by molar-refractivity contribution is -0.151. The van der Waals surface area contributed by atoms with Gasteiger partial charge in [-0.1, -0.05) is 18.2 Å². The molecule has 1 amide bonds. The number of aliphatic carboxylic acids is 1. The number of hydrogen-bond donors (Lipinski definition) is 3. The zero-order chi connectivity index (χ0) is 13.5. The Morgan fingerprint density at radius 1 is 1.32 bits per heavy atom. The Hall–Kier alpha value is -2.04. The van der Waals surface area contributed by atoms with Crippen LogP contribution in [0, 0.1) is 0 Å². The number of nitrogens with one attached hydrogen (secondary N) is 2. The van der Waals surface area contributed by atoms with Crippen molar-refractivity contribution < 1.29 is 14.7 Å². The molecule has 0 bridgehead atoms. The Bertz CT molecular complexity index is 512. The number of anilines is 1. The predicted molar refractivity (Wildman–Crippen MR) is 69.9 cm³/mol. The fourth-order valence-electron chi connectivity index (χ4n) is 2.70. The molecule has 1 atom stereocenters. The smallest absolute Gasteiger partial charge is 0.329 e. The second kappa shape index (κ2) is 4.26. The van der Waals surface area contributed by atoms with E-state index in [9.17, 15) is 14.7 Å². The van der Waals surface area contributed by atoms with Crippen LogP contribution in [0.25, 0.3) is 0 Å². The van der Waals surface area contributed by atoms with Crippen molar-refractivity contribution in [2.24, 2.45) is 0 Å². The summed E-state index contributed by atoms with van der Waals surface area (Å²) in [6.07, 6.45) is 2.50. The maximum absolute atomic E-state index is 12.2. The second-order valence-corrected chi connectivity index (χ2v) is 5.29. The first kappa shape index (κ1) is 12.0. The molecule has 1 aromatic carbocycles. The molecule has 5 heteroatoms. The number of carboxylic acids is 1. The minimum absolute atomic E-state index is 0.224. The van der Waals surface area contributed by atoms with E-state index in [1.54, 1.807) is 0 Å². The lowest BCUT2D eigenvalue weighted by Gasteiger charge is -2.38. The van der Waals surface area contributed by atoms with Crippen LogP contribution in [0.1, 0.15) is 24.8 Å². The van der Waals surface area contributed by atoms with Gasteiger partial charge in [0.2, 0.25) is 5.91 Å². The van der Waals surface area contributed by atoms with Crippen molar-refractivity contribution in [2.75, 3.05) is 5.32 Å². The number of fused-ring (bicyclic) bond motifs is 1. The van der Waals surface area contributed by atoms with Crippen molar-refractivity contribution in [3.63, 3.8) is 0 Å². The summed E-state index contributed by atoms with van der Waals surface area (Å²) in [5.41, 5.74) is 1.02. The van der Waals surface area contributed by atoms with Crippen molar-refractivity contribution in [2.45, 2.75) is 37.3 Å². The first-order chi connectivity index (χ1) is 9.11. The highest BCUT2D eigenvalue weighted by Gasteiger charge is 2.46. The van der Waals surface area contributed by atoms with Gasteiger partial charge in [0, 0.05) is 12.1 Å². The third-order valence-corrected chi connectivity index (χ3v) is 4.07. The van der Waals surface area contributed by atoms with Crippen molar-refractivity contribution in [3.8, 4) is 0 Å². The van der Waals surface area contributed by atoms with E-state index in [0.29, 0.717) is 19.3 Å². The van der Waals surface area contributed by atoms with E-state index in [1.165, 1.54) is 0 Å². The summed E-state index contributed by atoms with van der Waals surface area (Å²) in [5.74, 6) is -1.15. The lowest BCUT2D eigenvalue weighted by atomic mass is 9.76. The highest BCUT2D eigenvalue weighted by molar-refractivity contribution is 5.93. The lowest BCUT2D eigenvalue weighted by Crippen LogP contribution is -2.61. The van der Waals surface area contributed by atoms with Gasteiger partial charge in [0.15, 0.2) is 0 Å². The number of carbonyl (C=O) groups is 2. The molecule has 1 aliphatic carbocycles. The molecular weight excluding hydrogens is 244 g/mol. The average molecular weight is 260 g/mol. The van der Waals surface area contributed by atoms with Crippen LogP contribution in [0.3, 0.4) is 0 Å². The van der Waals surface area contributed by atoms with Crippen LogP contribution >= 0.6 is 0 Å². The number of hydrogen-bond acceptors (Lipinski definition) is 3. The second-order valence-electron chi connectivity index (χ2n) is 5.29. The summed E-state index contributed by atoms with van der Waals surface area (Å²) < 4.78 is 0. The van der Waals surface area contributed by atoms with Crippen molar-refractivity contribution >= 4 is 17.6 Å². The predicted octanol–water partition coefficient (Wildman–Crippen LogP) is 1.15. The van der Waals surface area contributed by atoms with Gasteiger partial charge >= 0.3 is 5.97 Å². The van der Waals surface area contributed by atoms with E-state index >= 15 is 0 Å². The molecule has 1 saturated carbocycles. The van der Waals surface area contributed by atoms with Gasteiger partial charge in [-0.3, -0.25) is 4.79 Å². The molecule has 1 unspecified atom stereocenters. The maximum atomic E-state index is 12.2. The Balaban J connectivity index is 1.69. The van der Waals surface area contributed by atoms with Crippen LogP contribution in [0.4, 0.5) is 5.69 Å². The molecule has 5 nitrogen and oxygen atoms in total. The minimum Gasteiger partial charge on any atom is -0.480 e. The Labute approximate surface area is 111 Å². The molecule has 3 N–H and O–H groups in total. The van der Waals surface area contributed by atoms with E-state index in [0.717, 1.165) is 17.7 Å². The zero-order valence-electron chi connectivity index (χ0n) is 10.5. The van der Waals surface area contributed by atoms with E-state index < -0.39 is 11.5 Å². The topological polar surface area (TPSA) is 78.4 Å². The van der Waals surface area contributed by atoms with Gasteiger partial charge in [-0.05, 0) is 30.9 Å². The van der Waals surface area contributed by atoms with E-state index in [1.807, 2.05) is 24.3 Å². The van der Waals surface area contributed by atoms with Crippen LogP contribution < -0.4 is 10.6 Å². The summed E-state index contributed by atoms with van der Waals surface area (Å²) in [4.78, 5) is 23.4. The number of rotatable bonds is 3. The Kier molecular flexibility index (Phi) is 2.69. The number of carbonyl (C=O) groups excluding carboxylic acids is 1. The van der Waals surface area contributed by atoms with E-state index in [2.05, 4.69) is 10.6 Å². The van der Waals surface area contributed by atoms with Crippen molar-refractivity contribution in [3.05, 3.63) is 29.8 Å².